The molecule has 0 aliphatic heterocycles. The van der Waals surface area contributed by atoms with Crippen molar-refractivity contribution in [1.29, 1.82) is 0 Å². The highest BCUT2D eigenvalue weighted by atomic mass is 16.3. The molecular formula is C64H37N3O3. The van der Waals surface area contributed by atoms with E-state index in [9.17, 15) is 0 Å². The van der Waals surface area contributed by atoms with E-state index in [1.807, 2.05) is 72.8 Å². The zero-order chi connectivity index (χ0) is 45.9. The van der Waals surface area contributed by atoms with Crippen molar-refractivity contribution >= 4 is 65.8 Å². The van der Waals surface area contributed by atoms with Gasteiger partial charge in [-0.2, -0.15) is 0 Å². The van der Waals surface area contributed by atoms with Crippen molar-refractivity contribution in [1.82, 2.24) is 15.0 Å². The molecule has 10 aromatic carbocycles. The Morgan fingerprint density at radius 2 is 0.771 bits per heavy atom. The minimum atomic E-state index is -0.516. The van der Waals surface area contributed by atoms with Crippen LogP contribution in [-0.4, -0.2) is 15.0 Å². The van der Waals surface area contributed by atoms with Gasteiger partial charge in [-0.1, -0.05) is 182 Å². The zero-order valence-electron chi connectivity index (χ0n) is 37.4. The highest BCUT2D eigenvalue weighted by molar-refractivity contribution is 6.15. The molecule has 0 atom stereocenters. The molecule has 0 bridgehead atoms. The average molecular weight is 896 g/mol. The lowest BCUT2D eigenvalue weighted by atomic mass is 9.67. The minimum Gasteiger partial charge on any atom is -0.456 e. The Kier molecular flexibility index (Phi) is 8.18. The first kappa shape index (κ1) is 38.7. The number of hydrogen-bond donors (Lipinski definition) is 0. The molecule has 70 heavy (non-hydrogen) atoms. The molecule has 6 nitrogen and oxygen atoms in total. The summed E-state index contributed by atoms with van der Waals surface area (Å²) >= 11 is 0. The van der Waals surface area contributed by atoms with Crippen LogP contribution in [0.1, 0.15) is 22.3 Å². The van der Waals surface area contributed by atoms with Crippen LogP contribution in [0.15, 0.2) is 238 Å². The van der Waals surface area contributed by atoms with E-state index in [0.717, 1.165) is 93.6 Å². The van der Waals surface area contributed by atoms with Gasteiger partial charge in [-0.15, -0.1) is 0 Å². The predicted molar refractivity (Wildman–Crippen MR) is 281 cm³/mol. The molecule has 6 heteroatoms. The fourth-order valence-corrected chi connectivity index (χ4v) is 11.5. The summed E-state index contributed by atoms with van der Waals surface area (Å²) in [6.07, 6.45) is 0. The van der Waals surface area contributed by atoms with Gasteiger partial charge in [0.2, 0.25) is 0 Å². The van der Waals surface area contributed by atoms with Gasteiger partial charge >= 0.3 is 0 Å². The summed E-state index contributed by atoms with van der Waals surface area (Å²) in [5.74, 6) is 1.54. The average Bonchev–Trinajstić information content (AvgIpc) is 4.20. The topological polar surface area (TPSA) is 78.1 Å². The fourth-order valence-electron chi connectivity index (χ4n) is 11.5. The SMILES string of the molecule is c1ccc(C2(c3ccccc3)c3ccccc3-c3c(-c4ccc5oc6cccc(-c7nc(-c8cccc9c8oc8ccccc89)nc(-c8cccc9oc%10ccccc%10c89)n7)c6c5c4)cccc32)cc1. The van der Waals surface area contributed by atoms with Crippen molar-refractivity contribution < 1.29 is 13.3 Å². The zero-order valence-corrected chi connectivity index (χ0v) is 37.4. The van der Waals surface area contributed by atoms with Crippen molar-refractivity contribution in [2.45, 2.75) is 5.41 Å². The van der Waals surface area contributed by atoms with Gasteiger partial charge in [0.15, 0.2) is 17.5 Å². The second-order valence-electron chi connectivity index (χ2n) is 18.1. The summed E-state index contributed by atoms with van der Waals surface area (Å²) in [5.41, 5.74) is 16.2. The van der Waals surface area contributed by atoms with Crippen molar-refractivity contribution in [2.24, 2.45) is 0 Å². The summed E-state index contributed by atoms with van der Waals surface area (Å²) in [6, 6.07) is 78.7. The van der Waals surface area contributed by atoms with Crippen LogP contribution >= 0.6 is 0 Å². The Labute approximate surface area is 400 Å². The Bertz CT molecular complexity index is 4390. The number of nitrogens with zero attached hydrogens (tertiary/aromatic N) is 3. The van der Waals surface area contributed by atoms with E-state index in [4.69, 9.17) is 28.2 Å². The molecule has 0 spiro atoms. The first-order chi connectivity index (χ1) is 34.7. The number of hydrogen-bond acceptors (Lipinski definition) is 6. The largest absolute Gasteiger partial charge is 0.456 e. The third-order valence-electron chi connectivity index (χ3n) is 14.5. The molecule has 15 rings (SSSR count). The Morgan fingerprint density at radius 1 is 0.300 bits per heavy atom. The molecule has 1 aliphatic rings. The number of benzene rings is 10. The van der Waals surface area contributed by atoms with Gasteiger partial charge in [-0.05, 0) is 87.0 Å². The number of aromatic nitrogens is 3. The first-order valence-corrected chi connectivity index (χ1v) is 23.6. The number of fused-ring (bicyclic) bond motifs is 12. The monoisotopic (exact) mass is 895 g/mol. The number of rotatable bonds is 6. The molecule has 4 aromatic heterocycles. The fraction of sp³-hybridized carbons (Fsp3) is 0.0156. The molecule has 0 N–H and O–H groups in total. The van der Waals surface area contributed by atoms with Crippen LogP contribution in [0, 0.1) is 0 Å². The summed E-state index contributed by atoms with van der Waals surface area (Å²) in [6.45, 7) is 0. The van der Waals surface area contributed by atoms with Gasteiger partial charge in [-0.25, -0.2) is 15.0 Å². The minimum absolute atomic E-state index is 0.499. The van der Waals surface area contributed by atoms with Gasteiger partial charge in [0.1, 0.15) is 33.5 Å². The predicted octanol–water partition coefficient (Wildman–Crippen LogP) is 16.6. The lowest BCUT2D eigenvalue weighted by molar-refractivity contribution is 0.668. The van der Waals surface area contributed by atoms with Crippen molar-refractivity contribution in [3.63, 3.8) is 0 Å². The van der Waals surface area contributed by atoms with Crippen LogP contribution in [-0.2, 0) is 5.41 Å². The van der Waals surface area contributed by atoms with Gasteiger partial charge < -0.3 is 13.3 Å². The molecule has 0 fully saturated rings. The smallest absolute Gasteiger partial charge is 0.167 e. The lowest BCUT2D eigenvalue weighted by Gasteiger charge is -2.34. The van der Waals surface area contributed by atoms with E-state index >= 15 is 0 Å². The van der Waals surface area contributed by atoms with E-state index in [0.29, 0.717) is 17.5 Å². The maximum atomic E-state index is 6.72. The van der Waals surface area contributed by atoms with E-state index in [-0.39, 0.29) is 0 Å². The Hall–Kier alpha value is -9.39. The van der Waals surface area contributed by atoms with Gasteiger partial charge in [0.25, 0.3) is 0 Å². The third-order valence-corrected chi connectivity index (χ3v) is 14.5. The number of furan rings is 3. The van der Waals surface area contributed by atoms with Crippen molar-refractivity contribution in [3.05, 3.63) is 247 Å². The van der Waals surface area contributed by atoms with Gasteiger partial charge in [0.05, 0.1) is 11.0 Å². The summed E-state index contributed by atoms with van der Waals surface area (Å²) in [4.78, 5) is 16.1. The summed E-state index contributed by atoms with van der Waals surface area (Å²) in [7, 11) is 0. The molecule has 4 heterocycles. The highest BCUT2D eigenvalue weighted by Gasteiger charge is 2.46. The summed E-state index contributed by atoms with van der Waals surface area (Å²) in [5, 5.41) is 5.86. The quantitative estimate of drug-likeness (QED) is 0.165. The van der Waals surface area contributed by atoms with Crippen LogP contribution in [0.5, 0.6) is 0 Å². The molecule has 0 amide bonds. The lowest BCUT2D eigenvalue weighted by Crippen LogP contribution is -2.28. The third kappa shape index (κ3) is 5.47. The standard InChI is InChI=1S/C64H37N3O3/c1-3-17-39(18-4-1)64(40-19-5-2-6-20-40)50-29-10-7-22-44(50)57-41(24-14-30-51(57)64)38-35-36-54-49(37-38)59-47(27-16-34-56(59)69-54)62-65-61(46-26-15-33-55-58(46)45-23-9-12-32-53(45)68-55)66-63(67-62)48-28-13-25-43-42-21-8-11-31-52(42)70-60(43)48/h1-37H. The number of para-hydroxylation sites is 3. The maximum Gasteiger partial charge on any atom is 0.167 e. The second-order valence-corrected chi connectivity index (χ2v) is 18.1. The van der Waals surface area contributed by atoms with E-state index < -0.39 is 5.41 Å². The Morgan fingerprint density at radius 3 is 1.49 bits per heavy atom. The van der Waals surface area contributed by atoms with Crippen LogP contribution in [0.3, 0.4) is 0 Å². The normalized spacial score (nSPS) is 13.0. The molecular weight excluding hydrogens is 859 g/mol. The van der Waals surface area contributed by atoms with Crippen molar-refractivity contribution in [2.75, 3.05) is 0 Å². The van der Waals surface area contributed by atoms with E-state index in [1.54, 1.807) is 0 Å². The Balaban J connectivity index is 0.972. The molecule has 0 saturated carbocycles. The van der Waals surface area contributed by atoms with Crippen LogP contribution < -0.4 is 0 Å². The molecule has 1 aliphatic carbocycles. The molecule has 0 radical (unpaired) electrons. The van der Waals surface area contributed by atoms with Crippen LogP contribution in [0.25, 0.3) is 122 Å². The van der Waals surface area contributed by atoms with E-state index in [2.05, 4.69) is 152 Å². The van der Waals surface area contributed by atoms with E-state index in [1.165, 1.54) is 33.4 Å². The molecule has 326 valence electrons. The second kappa shape index (κ2) is 14.8. The van der Waals surface area contributed by atoms with Crippen molar-refractivity contribution in [3.8, 4) is 56.4 Å². The molecule has 0 unspecified atom stereocenters. The van der Waals surface area contributed by atoms with Crippen LogP contribution in [0.4, 0.5) is 0 Å². The van der Waals surface area contributed by atoms with Gasteiger partial charge in [-0.3, -0.25) is 0 Å². The highest BCUT2D eigenvalue weighted by Crippen LogP contribution is 2.58. The van der Waals surface area contributed by atoms with Gasteiger partial charge in [0, 0.05) is 43.4 Å². The van der Waals surface area contributed by atoms with Crippen LogP contribution in [0.2, 0.25) is 0 Å². The molecule has 0 saturated heterocycles. The summed E-state index contributed by atoms with van der Waals surface area (Å²) < 4.78 is 19.7. The maximum absolute atomic E-state index is 6.72. The molecule has 14 aromatic rings. The first-order valence-electron chi connectivity index (χ1n) is 23.6.